The minimum atomic E-state index is -0.382. The second-order valence-corrected chi connectivity index (χ2v) is 9.96. The van der Waals surface area contributed by atoms with E-state index in [9.17, 15) is 18.4 Å². The van der Waals surface area contributed by atoms with Gasteiger partial charge in [0.05, 0.1) is 34.7 Å². The number of hydrazone groups is 2. The number of nitriles is 2. The largest absolute Gasteiger partial charge is 0.273 e. The molecule has 0 fully saturated rings. The molecule has 8 nitrogen and oxygen atoms in total. The molecule has 0 bridgehead atoms. The Labute approximate surface area is 252 Å². The molecule has 0 aromatic heterocycles. The summed E-state index contributed by atoms with van der Waals surface area (Å²) in [4.78, 5) is 22.2. The lowest BCUT2D eigenvalue weighted by Gasteiger charge is -2.13. The van der Waals surface area contributed by atoms with Crippen LogP contribution in [0.5, 0.6) is 0 Å². The van der Waals surface area contributed by atoms with Gasteiger partial charge in [-0.25, -0.2) is 19.6 Å². The molecular formula is C34H24F2N6O2. The van der Waals surface area contributed by atoms with E-state index in [-0.39, 0.29) is 23.4 Å². The predicted molar refractivity (Wildman–Crippen MR) is 161 cm³/mol. The molecule has 0 spiro atoms. The lowest BCUT2D eigenvalue weighted by Crippen LogP contribution is -2.25. The van der Waals surface area contributed by atoms with Crippen LogP contribution >= 0.6 is 0 Å². The molecule has 10 heteroatoms. The Bertz CT molecular complexity index is 1900. The number of amides is 2. The maximum absolute atomic E-state index is 14.4. The minimum absolute atomic E-state index is 0.126. The monoisotopic (exact) mass is 586 g/mol. The summed E-state index contributed by atoms with van der Waals surface area (Å²) in [6.45, 7) is 0. The van der Waals surface area contributed by atoms with Crippen molar-refractivity contribution in [3.05, 3.63) is 119 Å². The van der Waals surface area contributed by atoms with Gasteiger partial charge in [0.2, 0.25) is 11.8 Å². The number of nitrogens with one attached hydrogen (secondary N) is 2. The van der Waals surface area contributed by atoms with Crippen LogP contribution in [0.25, 0.3) is 22.3 Å². The summed E-state index contributed by atoms with van der Waals surface area (Å²) in [6, 6.07) is 27.4. The summed E-state index contributed by atoms with van der Waals surface area (Å²) < 4.78 is 28.7. The van der Waals surface area contributed by atoms with Gasteiger partial charge >= 0.3 is 0 Å². The van der Waals surface area contributed by atoms with Crippen LogP contribution in [0.2, 0.25) is 0 Å². The molecule has 4 aromatic carbocycles. The van der Waals surface area contributed by atoms with Gasteiger partial charge in [-0.05, 0) is 47.5 Å². The highest BCUT2D eigenvalue weighted by Gasteiger charge is 2.17. The summed E-state index contributed by atoms with van der Waals surface area (Å²) in [6.07, 6.45) is 1.71. The quantitative estimate of drug-likeness (QED) is 0.306. The fourth-order valence-electron chi connectivity index (χ4n) is 4.70. The van der Waals surface area contributed by atoms with E-state index in [1.807, 2.05) is 12.1 Å². The molecule has 0 saturated heterocycles. The van der Waals surface area contributed by atoms with E-state index < -0.39 is 0 Å². The van der Waals surface area contributed by atoms with Crippen molar-refractivity contribution in [2.45, 2.75) is 25.7 Å². The number of benzene rings is 4. The lowest BCUT2D eigenvalue weighted by atomic mass is 9.98. The van der Waals surface area contributed by atoms with Gasteiger partial charge in [-0.3, -0.25) is 9.59 Å². The molecule has 0 atom stereocenters. The van der Waals surface area contributed by atoms with Crippen molar-refractivity contribution in [3.8, 4) is 34.4 Å². The Kier molecular flexibility index (Phi) is 8.93. The van der Waals surface area contributed by atoms with Crippen molar-refractivity contribution in [1.82, 2.24) is 10.9 Å². The number of carbonyl (C=O) groups is 2. The molecule has 2 aliphatic heterocycles. The third-order valence-electron chi connectivity index (χ3n) is 7.04. The van der Waals surface area contributed by atoms with E-state index >= 15 is 0 Å². The first-order valence-corrected chi connectivity index (χ1v) is 13.7. The Balaban J connectivity index is 0.000000175. The van der Waals surface area contributed by atoms with Crippen LogP contribution in [0, 0.1) is 34.3 Å². The molecule has 0 unspecified atom stereocenters. The van der Waals surface area contributed by atoms with Gasteiger partial charge in [0.15, 0.2) is 0 Å². The Morgan fingerprint density at radius 3 is 1.52 bits per heavy atom. The Hall–Kier alpha value is -6.00. The Morgan fingerprint density at radius 1 is 0.568 bits per heavy atom. The van der Waals surface area contributed by atoms with Gasteiger partial charge < -0.3 is 0 Å². The van der Waals surface area contributed by atoms with Crippen molar-refractivity contribution >= 4 is 23.2 Å². The van der Waals surface area contributed by atoms with Crippen LogP contribution in [0.4, 0.5) is 8.78 Å². The maximum Gasteiger partial charge on any atom is 0.240 e. The van der Waals surface area contributed by atoms with Crippen LogP contribution in [-0.2, 0) is 9.59 Å². The standard InChI is InChI=1S/2C17H12FN3O/c18-15-9-13(16-7-8-17(22)21-20-16)5-6-14(15)12-3-1-11(10-19)2-4-12;18-15-9-13(16-6-7-17(22)21-20-16)4-5-14(15)12-3-1-2-11(8-12)10-19/h1-6,9H,7-8H2,(H,21,22);1-5,8-9H,6-7H2,(H,21,22). The summed E-state index contributed by atoms with van der Waals surface area (Å²) in [5.41, 5.74) is 10.7. The first-order valence-electron chi connectivity index (χ1n) is 13.7. The zero-order valence-electron chi connectivity index (χ0n) is 23.3. The van der Waals surface area contributed by atoms with Gasteiger partial charge in [0.25, 0.3) is 0 Å². The van der Waals surface area contributed by atoms with E-state index in [0.717, 1.165) is 0 Å². The van der Waals surface area contributed by atoms with E-state index in [4.69, 9.17) is 10.5 Å². The first kappa shape index (κ1) is 29.5. The summed E-state index contributed by atoms with van der Waals surface area (Å²) in [5.74, 6) is -0.999. The van der Waals surface area contributed by atoms with E-state index in [0.29, 0.717) is 81.6 Å². The fourth-order valence-corrected chi connectivity index (χ4v) is 4.70. The number of hydrogen-bond donors (Lipinski definition) is 2. The molecule has 0 aliphatic carbocycles. The average Bonchev–Trinajstić information content (AvgIpc) is 3.06. The normalized spacial score (nSPS) is 14.0. The van der Waals surface area contributed by atoms with Gasteiger partial charge in [0, 0.05) is 47.9 Å². The van der Waals surface area contributed by atoms with Crippen molar-refractivity contribution in [3.63, 3.8) is 0 Å². The predicted octanol–water partition coefficient (Wildman–Crippen LogP) is 5.96. The van der Waals surface area contributed by atoms with Gasteiger partial charge in [-0.15, -0.1) is 0 Å². The second-order valence-electron chi connectivity index (χ2n) is 9.96. The number of carbonyl (C=O) groups excluding carboxylic acids is 2. The maximum atomic E-state index is 14.4. The Morgan fingerprint density at radius 2 is 1.07 bits per heavy atom. The molecule has 6 rings (SSSR count). The molecule has 2 aliphatic rings. The molecule has 4 aromatic rings. The average molecular weight is 587 g/mol. The number of halogens is 2. The number of nitrogens with zero attached hydrogens (tertiary/aromatic N) is 4. The minimum Gasteiger partial charge on any atom is -0.273 e. The van der Waals surface area contributed by atoms with E-state index in [1.54, 1.807) is 72.8 Å². The van der Waals surface area contributed by atoms with Crippen LogP contribution < -0.4 is 10.9 Å². The van der Waals surface area contributed by atoms with Gasteiger partial charge in [0.1, 0.15) is 11.6 Å². The molecule has 216 valence electrons. The third-order valence-corrected chi connectivity index (χ3v) is 7.04. The highest BCUT2D eigenvalue weighted by Crippen LogP contribution is 2.26. The first-order chi connectivity index (χ1) is 21.3. The molecule has 0 radical (unpaired) electrons. The van der Waals surface area contributed by atoms with Gasteiger partial charge in [-0.1, -0.05) is 48.5 Å². The zero-order valence-corrected chi connectivity index (χ0v) is 23.3. The highest BCUT2D eigenvalue weighted by atomic mass is 19.1. The molecule has 2 heterocycles. The zero-order chi connectivity index (χ0) is 31.1. The van der Waals surface area contributed by atoms with Crippen LogP contribution in [-0.4, -0.2) is 23.2 Å². The smallest absolute Gasteiger partial charge is 0.240 e. The lowest BCUT2D eigenvalue weighted by molar-refractivity contribution is -0.122. The fraction of sp³-hybridized carbons (Fsp3) is 0.118. The summed E-state index contributed by atoms with van der Waals surface area (Å²) >= 11 is 0. The molecule has 44 heavy (non-hydrogen) atoms. The topological polar surface area (TPSA) is 130 Å². The van der Waals surface area contributed by atoms with Crippen LogP contribution in [0.3, 0.4) is 0 Å². The summed E-state index contributed by atoms with van der Waals surface area (Å²) in [5, 5.41) is 25.6. The third kappa shape index (κ3) is 6.89. The van der Waals surface area contributed by atoms with Crippen molar-refractivity contribution in [1.29, 1.82) is 10.5 Å². The molecule has 2 N–H and O–H groups in total. The number of rotatable bonds is 4. The van der Waals surface area contributed by atoms with Gasteiger partial charge in [-0.2, -0.15) is 20.7 Å². The number of hydrogen-bond acceptors (Lipinski definition) is 6. The van der Waals surface area contributed by atoms with E-state index in [1.165, 1.54) is 12.1 Å². The highest BCUT2D eigenvalue weighted by molar-refractivity contribution is 6.05. The SMILES string of the molecule is N#Cc1ccc(-c2ccc(C3=NNC(=O)CC3)cc2F)cc1.N#Cc1cccc(-c2ccc(C3=NNC(=O)CC3)cc2F)c1. The van der Waals surface area contributed by atoms with E-state index in [2.05, 4.69) is 21.1 Å². The molecular weight excluding hydrogens is 562 g/mol. The molecule has 0 saturated carbocycles. The van der Waals surface area contributed by atoms with Crippen molar-refractivity contribution in [2.24, 2.45) is 10.2 Å². The second kappa shape index (κ2) is 13.3. The molecule has 2 amide bonds. The van der Waals surface area contributed by atoms with Crippen molar-refractivity contribution in [2.75, 3.05) is 0 Å². The van der Waals surface area contributed by atoms with Crippen molar-refractivity contribution < 1.29 is 18.4 Å². The summed E-state index contributed by atoms with van der Waals surface area (Å²) in [7, 11) is 0. The van der Waals surface area contributed by atoms with Crippen LogP contribution in [0.1, 0.15) is 47.9 Å². The van der Waals surface area contributed by atoms with Crippen LogP contribution in [0.15, 0.2) is 95.1 Å².